The first-order chi connectivity index (χ1) is 8.00. The third-order valence-electron chi connectivity index (χ3n) is 2.62. The average molecular weight is 255 g/mol. The Labute approximate surface area is 102 Å². The lowest BCUT2D eigenvalue weighted by atomic mass is 10.3. The smallest absolute Gasteiger partial charge is 0.293 e. The van der Waals surface area contributed by atoms with Crippen LogP contribution in [0, 0.1) is 6.92 Å². The van der Waals surface area contributed by atoms with Gasteiger partial charge in [-0.2, -0.15) is 0 Å². The van der Waals surface area contributed by atoms with Crippen LogP contribution in [0.4, 0.5) is 0 Å². The standard InChI is InChI=1S/C10H13N3O3S/c1-5-7(15)9(16)12-8(11-5)10-13(6(2)14)3-4-17-10/h10,15H,3-4H2,1-2H3,(H,11,12,16). The Morgan fingerprint density at radius 1 is 1.65 bits per heavy atom. The molecule has 1 saturated heterocycles. The molecule has 0 spiro atoms. The first-order valence-corrected chi connectivity index (χ1v) is 6.24. The maximum absolute atomic E-state index is 11.4. The Bertz CT molecular complexity index is 514. The number of aromatic hydroxyl groups is 1. The van der Waals surface area contributed by atoms with Gasteiger partial charge in [0.15, 0.2) is 0 Å². The molecular formula is C10H13N3O3S. The minimum absolute atomic E-state index is 0.0478. The van der Waals surface area contributed by atoms with Crippen molar-refractivity contribution < 1.29 is 9.90 Å². The second-order valence-electron chi connectivity index (χ2n) is 3.82. The van der Waals surface area contributed by atoms with Crippen LogP contribution in [0.5, 0.6) is 5.75 Å². The quantitative estimate of drug-likeness (QED) is 0.757. The minimum atomic E-state index is -0.566. The molecule has 1 aliphatic rings. The highest BCUT2D eigenvalue weighted by atomic mass is 32.2. The van der Waals surface area contributed by atoms with E-state index in [1.165, 1.54) is 6.92 Å². The van der Waals surface area contributed by atoms with Crippen LogP contribution in [0.15, 0.2) is 4.79 Å². The van der Waals surface area contributed by atoms with Gasteiger partial charge in [0.25, 0.3) is 5.56 Å². The highest BCUT2D eigenvalue weighted by Gasteiger charge is 2.30. The summed E-state index contributed by atoms with van der Waals surface area (Å²) in [4.78, 5) is 31.1. The number of hydrogen-bond donors (Lipinski definition) is 2. The van der Waals surface area contributed by atoms with E-state index in [2.05, 4.69) is 9.97 Å². The Morgan fingerprint density at radius 3 is 2.94 bits per heavy atom. The molecular weight excluding hydrogens is 242 g/mol. The number of hydrogen-bond acceptors (Lipinski definition) is 5. The van der Waals surface area contributed by atoms with Crippen LogP contribution in [0.3, 0.4) is 0 Å². The van der Waals surface area contributed by atoms with Crippen LogP contribution in [0.1, 0.15) is 23.8 Å². The summed E-state index contributed by atoms with van der Waals surface area (Å²) >= 11 is 1.55. The fourth-order valence-corrected chi connectivity index (χ4v) is 2.97. The zero-order chi connectivity index (χ0) is 12.6. The molecule has 1 unspecified atom stereocenters. The van der Waals surface area contributed by atoms with E-state index < -0.39 is 5.56 Å². The second-order valence-corrected chi connectivity index (χ2v) is 5.01. The number of carbonyl (C=O) groups excluding carboxylic acids is 1. The van der Waals surface area contributed by atoms with Gasteiger partial charge in [0.1, 0.15) is 11.2 Å². The normalized spacial score (nSPS) is 19.6. The lowest BCUT2D eigenvalue weighted by Gasteiger charge is -2.21. The Hall–Kier alpha value is -1.50. The zero-order valence-electron chi connectivity index (χ0n) is 9.56. The summed E-state index contributed by atoms with van der Waals surface area (Å²) in [6, 6.07) is 0. The molecule has 1 aromatic rings. The van der Waals surface area contributed by atoms with Gasteiger partial charge < -0.3 is 15.0 Å². The number of carbonyl (C=O) groups is 1. The minimum Gasteiger partial charge on any atom is -0.502 e. The maximum Gasteiger partial charge on any atom is 0.293 e. The van der Waals surface area contributed by atoms with E-state index in [1.807, 2.05) is 0 Å². The molecule has 1 amide bonds. The van der Waals surface area contributed by atoms with Crippen molar-refractivity contribution in [1.29, 1.82) is 0 Å². The topological polar surface area (TPSA) is 86.3 Å². The van der Waals surface area contributed by atoms with Crippen molar-refractivity contribution in [2.75, 3.05) is 12.3 Å². The van der Waals surface area contributed by atoms with Gasteiger partial charge in [-0.3, -0.25) is 9.59 Å². The average Bonchev–Trinajstić information content (AvgIpc) is 2.74. The van der Waals surface area contributed by atoms with Gasteiger partial charge in [0.05, 0.1) is 5.69 Å². The molecule has 1 aliphatic heterocycles. The van der Waals surface area contributed by atoms with Crippen molar-refractivity contribution >= 4 is 17.7 Å². The fraction of sp³-hybridized carbons (Fsp3) is 0.500. The Balaban J connectivity index is 2.40. The molecule has 1 fully saturated rings. The summed E-state index contributed by atoms with van der Waals surface area (Å²) in [5.41, 5.74) is -0.289. The van der Waals surface area contributed by atoms with Gasteiger partial charge in [0.2, 0.25) is 11.7 Å². The number of aromatic nitrogens is 2. The van der Waals surface area contributed by atoms with E-state index in [1.54, 1.807) is 23.6 Å². The third-order valence-corrected chi connectivity index (χ3v) is 3.83. The summed E-state index contributed by atoms with van der Waals surface area (Å²) in [7, 11) is 0. The van der Waals surface area contributed by atoms with E-state index in [-0.39, 0.29) is 22.7 Å². The summed E-state index contributed by atoms with van der Waals surface area (Å²) in [5.74, 6) is 0.816. The number of H-pyrrole nitrogens is 1. The van der Waals surface area contributed by atoms with Crippen molar-refractivity contribution in [2.45, 2.75) is 19.2 Å². The van der Waals surface area contributed by atoms with Crippen LogP contribution in [-0.4, -0.2) is 38.2 Å². The van der Waals surface area contributed by atoms with E-state index in [9.17, 15) is 14.7 Å². The van der Waals surface area contributed by atoms with E-state index in [0.29, 0.717) is 12.4 Å². The number of amides is 1. The molecule has 17 heavy (non-hydrogen) atoms. The fourth-order valence-electron chi connectivity index (χ4n) is 1.74. The first-order valence-electron chi connectivity index (χ1n) is 5.19. The Morgan fingerprint density at radius 2 is 2.35 bits per heavy atom. The summed E-state index contributed by atoms with van der Waals surface area (Å²) < 4.78 is 0. The van der Waals surface area contributed by atoms with Crippen molar-refractivity contribution in [3.05, 3.63) is 21.9 Å². The Kier molecular flexibility index (Phi) is 3.10. The van der Waals surface area contributed by atoms with E-state index >= 15 is 0 Å². The molecule has 2 rings (SSSR count). The molecule has 0 radical (unpaired) electrons. The van der Waals surface area contributed by atoms with Crippen LogP contribution in [0.25, 0.3) is 0 Å². The molecule has 6 nitrogen and oxygen atoms in total. The van der Waals surface area contributed by atoms with Gasteiger partial charge >= 0.3 is 0 Å². The monoisotopic (exact) mass is 255 g/mol. The van der Waals surface area contributed by atoms with Crippen molar-refractivity contribution in [1.82, 2.24) is 14.9 Å². The number of nitrogens with one attached hydrogen (secondary N) is 1. The molecule has 0 aliphatic carbocycles. The predicted molar refractivity (Wildman–Crippen MR) is 63.8 cm³/mol. The number of rotatable bonds is 1. The molecule has 0 aromatic carbocycles. The molecule has 1 atom stereocenters. The van der Waals surface area contributed by atoms with Crippen LogP contribution >= 0.6 is 11.8 Å². The maximum atomic E-state index is 11.4. The van der Waals surface area contributed by atoms with Gasteiger partial charge in [-0.1, -0.05) is 0 Å². The summed E-state index contributed by atoms with van der Waals surface area (Å²) in [6.07, 6.45) is 0. The van der Waals surface area contributed by atoms with Crippen molar-refractivity contribution in [2.24, 2.45) is 0 Å². The number of thioether (sulfide) groups is 1. The third kappa shape index (κ3) is 2.14. The molecule has 2 N–H and O–H groups in total. The highest BCUT2D eigenvalue weighted by molar-refractivity contribution is 7.99. The zero-order valence-corrected chi connectivity index (χ0v) is 10.4. The largest absolute Gasteiger partial charge is 0.502 e. The lowest BCUT2D eigenvalue weighted by Crippen LogP contribution is -2.30. The van der Waals surface area contributed by atoms with Crippen molar-refractivity contribution in [3.63, 3.8) is 0 Å². The van der Waals surface area contributed by atoms with Crippen molar-refractivity contribution in [3.8, 4) is 5.75 Å². The number of aryl methyl sites for hydroxylation is 1. The van der Waals surface area contributed by atoms with E-state index in [0.717, 1.165) is 5.75 Å². The predicted octanol–water partition coefficient (Wildman–Crippen LogP) is 0.378. The van der Waals surface area contributed by atoms with Crippen LogP contribution in [-0.2, 0) is 4.79 Å². The molecule has 0 bridgehead atoms. The first kappa shape index (κ1) is 12.0. The molecule has 7 heteroatoms. The van der Waals surface area contributed by atoms with Gasteiger partial charge in [-0.15, -0.1) is 11.8 Å². The highest BCUT2D eigenvalue weighted by Crippen LogP contribution is 2.35. The van der Waals surface area contributed by atoms with E-state index in [4.69, 9.17) is 0 Å². The summed E-state index contributed by atoms with van der Waals surface area (Å²) in [5, 5.41) is 9.09. The molecule has 2 heterocycles. The molecule has 92 valence electrons. The second kappa shape index (κ2) is 4.40. The van der Waals surface area contributed by atoms with Crippen LogP contribution in [0.2, 0.25) is 0 Å². The van der Waals surface area contributed by atoms with Gasteiger partial charge in [0, 0.05) is 19.2 Å². The number of nitrogens with zero attached hydrogens (tertiary/aromatic N) is 2. The van der Waals surface area contributed by atoms with Crippen LogP contribution < -0.4 is 5.56 Å². The SMILES string of the molecule is CC(=O)N1CCSC1c1nc(C)c(O)c(=O)[nH]1. The summed E-state index contributed by atoms with van der Waals surface area (Å²) in [6.45, 7) is 3.70. The molecule has 1 aromatic heterocycles. The van der Waals surface area contributed by atoms with Gasteiger partial charge in [-0.05, 0) is 6.92 Å². The van der Waals surface area contributed by atoms with Gasteiger partial charge in [-0.25, -0.2) is 4.98 Å². The number of aromatic amines is 1. The molecule has 0 saturated carbocycles. The lowest BCUT2D eigenvalue weighted by molar-refractivity contribution is -0.129.